The molecular formula is C22H25N5O5S. The molecule has 0 saturated heterocycles. The highest BCUT2D eigenvalue weighted by Gasteiger charge is 2.23. The van der Waals surface area contributed by atoms with Gasteiger partial charge in [0, 0.05) is 43.7 Å². The number of nitrogens with zero attached hydrogens (tertiary/aromatic N) is 2. The summed E-state index contributed by atoms with van der Waals surface area (Å²) in [5.41, 5.74) is 1.44. The van der Waals surface area contributed by atoms with Crippen molar-refractivity contribution < 1.29 is 22.7 Å². The molecule has 0 aliphatic carbocycles. The molecule has 10 nitrogen and oxygen atoms in total. The van der Waals surface area contributed by atoms with Crippen molar-refractivity contribution in [3.05, 3.63) is 66.0 Å². The van der Waals surface area contributed by atoms with E-state index in [9.17, 15) is 18.0 Å². The second kappa shape index (κ2) is 10.3. The van der Waals surface area contributed by atoms with Crippen molar-refractivity contribution in [1.82, 2.24) is 14.3 Å². The van der Waals surface area contributed by atoms with Gasteiger partial charge in [0.15, 0.2) is 0 Å². The summed E-state index contributed by atoms with van der Waals surface area (Å²) in [6, 6.07) is 11.0. The average Bonchev–Trinajstić information content (AvgIpc) is 3.30. The summed E-state index contributed by atoms with van der Waals surface area (Å²) in [4.78, 5) is 31.3. The summed E-state index contributed by atoms with van der Waals surface area (Å²) < 4.78 is 32.0. The van der Waals surface area contributed by atoms with E-state index in [2.05, 4.69) is 20.6 Å². The van der Waals surface area contributed by atoms with Crippen LogP contribution < -0.4 is 15.4 Å². The number of aryl methyl sites for hydroxylation is 1. The molecule has 0 aliphatic heterocycles. The van der Waals surface area contributed by atoms with Crippen molar-refractivity contribution in [3.63, 3.8) is 0 Å². The lowest BCUT2D eigenvalue weighted by Gasteiger charge is -2.18. The Morgan fingerprint density at radius 3 is 2.45 bits per heavy atom. The molecule has 11 heteroatoms. The van der Waals surface area contributed by atoms with E-state index in [4.69, 9.17) is 4.74 Å². The number of hydrogen-bond donors (Lipinski definition) is 3. The van der Waals surface area contributed by atoms with Gasteiger partial charge in [0.25, 0.3) is 5.91 Å². The van der Waals surface area contributed by atoms with E-state index in [1.165, 1.54) is 26.4 Å². The summed E-state index contributed by atoms with van der Waals surface area (Å²) in [5, 5.41) is 5.31. The Balaban J connectivity index is 1.54. The summed E-state index contributed by atoms with van der Waals surface area (Å²) in [6.45, 7) is 1.69. The molecular weight excluding hydrogens is 446 g/mol. The third-order valence-electron chi connectivity index (χ3n) is 4.89. The number of carbonyl (C=O) groups excluding carboxylic acids is 2. The minimum atomic E-state index is -3.75. The van der Waals surface area contributed by atoms with Crippen LogP contribution in [-0.4, -0.2) is 55.2 Å². The minimum Gasteiger partial charge on any atom is -0.497 e. The third-order valence-corrected chi connectivity index (χ3v) is 6.90. The number of benzene rings is 2. The molecule has 174 valence electrons. The molecule has 2 aromatic carbocycles. The van der Waals surface area contributed by atoms with E-state index < -0.39 is 10.0 Å². The number of ether oxygens (including phenoxy) is 1. The number of aromatic nitrogens is 2. The first-order valence-corrected chi connectivity index (χ1v) is 11.5. The molecule has 0 bridgehead atoms. The van der Waals surface area contributed by atoms with Gasteiger partial charge in [-0.1, -0.05) is 0 Å². The van der Waals surface area contributed by atoms with Crippen LogP contribution in [0.2, 0.25) is 0 Å². The number of imidazole rings is 1. The maximum atomic E-state index is 12.8. The standard InChI is InChI=1S/C22H25N5O5S/c1-15-14-18(32-3)8-9-19(15)33(30,31)27(2)13-10-20(28)25-17-6-4-16(5-7-17)21(29)26-22-23-11-12-24-22/h4-9,11-12,14H,10,13H2,1-3H3,(H,25,28)(H2,23,24,26,29). The van der Waals surface area contributed by atoms with Gasteiger partial charge in [-0.2, -0.15) is 0 Å². The zero-order chi connectivity index (χ0) is 24.0. The number of hydrogen-bond acceptors (Lipinski definition) is 6. The van der Waals surface area contributed by atoms with Crippen LogP contribution in [0.15, 0.2) is 59.8 Å². The molecule has 0 fully saturated rings. The van der Waals surface area contributed by atoms with Crippen molar-refractivity contribution in [2.24, 2.45) is 0 Å². The highest BCUT2D eigenvalue weighted by molar-refractivity contribution is 7.89. The number of methoxy groups -OCH3 is 1. The molecule has 0 unspecified atom stereocenters. The maximum absolute atomic E-state index is 12.8. The first kappa shape index (κ1) is 24.0. The number of aromatic amines is 1. The summed E-state index contributed by atoms with van der Waals surface area (Å²) in [6.07, 6.45) is 3.08. The lowest BCUT2D eigenvalue weighted by atomic mass is 10.2. The molecule has 0 radical (unpaired) electrons. The zero-order valence-electron chi connectivity index (χ0n) is 18.5. The van der Waals surface area contributed by atoms with Crippen LogP contribution in [-0.2, 0) is 14.8 Å². The van der Waals surface area contributed by atoms with Crippen LogP contribution in [0.5, 0.6) is 5.75 Å². The molecule has 3 rings (SSSR count). The number of rotatable bonds is 9. The third kappa shape index (κ3) is 5.96. The number of nitrogens with one attached hydrogen (secondary N) is 3. The van der Waals surface area contributed by atoms with Gasteiger partial charge in [-0.3, -0.25) is 14.9 Å². The van der Waals surface area contributed by atoms with Crippen LogP contribution in [0.3, 0.4) is 0 Å². The van der Waals surface area contributed by atoms with E-state index in [1.807, 2.05) is 0 Å². The number of amides is 2. The quantitative estimate of drug-likeness (QED) is 0.439. The van der Waals surface area contributed by atoms with E-state index in [-0.39, 0.29) is 29.7 Å². The van der Waals surface area contributed by atoms with Crippen LogP contribution >= 0.6 is 0 Å². The van der Waals surface area contributed by atoms with Gasteiger partial charge in [-0.15, -0.1) is 0 Å². The highest BCUT2D eigenvalue weighted by atomic mass is 32.2. The van der Waals surface area contributed by atoms with Crippen molar-refractivity contribution in [2.45, 2.75) is 18.2 Å². The molecule has 1 aromatic heterocycles. The first-order valence-electron chi connectivity index (χ1n) is 10.0. The summed E-state index contributed by atoms with van der Waals surface area (Å²) in [7, 11) is -0.814. The Kier molecular flexibility index (Phi) is 7.46. The summed E-state index contributed by atoms with van der Waals surface area (Å²) >= 11 is 0. The number of H-pyrrole nitrogens is 1. The number of sulfonamides is 1. The Morgan fingerprint density at radius 2 is 1.85 bits per heavy atom. The van der Waals surface area contributed by atoms with Crippen molar-refractivity contribution >= 4 is 33.5 Å². The van der Waals surface area contributed by atoms with Gasteiger partial charge >= 0.3 is 0 Å². The fraction of sp³-hybridized carbons (Fsp3) is 0.227. The van der Waals surface area contributed by atoms with Crippen LogP contribution in [0.4, 0.5) is 11.6 Å². The number of anilines is 2. The molecule has 0 spiro atoms. The second-order valence-corrected chi connectivity index (χ2v) is 9.24. The Morgan fingerprint density at radius 1 is 1.12 bits per heavy atom. The molecule has 0 atom stereocenters. The predicted octanol–water partition coefficient (Wildman–Crippen LogP) is 2.63. The van der Waals surface area contributed by atoms with Gasteiger partial charge in [0.1, 0.15) is 5.75 Å². The van der Waals surface area contributed by atoms with Gasteiger partial charge in [0.05, 0.1) is 12.0 Å². The van der Waals surface area contributed by atoms with Crippen LogP contribution in [0, 0.1) is 6.92 Å². The van der Waals surface area contributed by atoms with E-state index >= 15 is 0 Å². The Hall–Kier alpha value is -3.70. The molecule has 3 aromatic rings. The molecule has 33 heavy (non-hydrogen) atoms. The molecule has 2 amide bonds. The fourth-order valence-corrected chi connectivity index (χ4v) is 4.40. The molecule has 1 heterocycles. The van der Waals surface area contributed by atoms with Crippen molar-refractivity contribution in [1.29, 1.82) is 0 Å². The minimum absolute atomic E-state index is 0.00325. The van der Waals surface area contributed by atoms with Crippen LogP contribution in [0.1, 0.15) is 22.3 Å². The highest BCUT2D eigenvalue weighted by Crippen LogP contribution is 2.23. The Labute approximate surface area is 192 Å². The second-order valence-electron chi connectivity index (χ2n) is 7.23. The maximum Gasteiger partial charge on any atom is 0.257 e. The van der Waals surface area contributed by atoms with Crippen LogP contribution in [0.25, 0.3) is 0 Å². The zero-order valence-corrected chi connectivity index (χ0v) is 19.3. The number of carbonyl (C=O) groups is 2. The smallest absolute Gasteiger partial charge is 0.257 e. The summed E-state index contributed by atoms with van der Waals surface area (Å²) in [5.74, 6) is 0.207. The molecule has 0 saturated carbocycles. The van der Waals surface area contributed by atoms with E-state index in [0.717, 1.165) is 4.31 Å². The molecule has 0 aliphatic rings. The van der Waals surface area contributed by atoms with E-state index in [1.54, 1.807) is 49.5 Å². The normalized spacial score (nSPS) is 11.3. The van der Waals surface area contributed by atoms with Crippen molar-refractivity contribution in [2.75, 3.05) is 31.3 Å². The first-order chi connectivity index (χ1) is 15.7. The predicted molar refractivity (Wildman–Crippen MR) is 124 cm³/mol. The largest absolute Gasteiger partial charge is 0.497 e. The van der Waals surface area contributed by atoms with Gasteiger partial charge in [-0.25, -0.2) is 17.7 Å². The average molecular weight is 472 g/mol. The Bertz CT molecular complexity index is 1220. The van der Waals surface area contributed by atoms with Gasteiger partial charge in [-0.05, 0) is 55.0 Å². The van der Waals surface area contributed by atoms with Gasteiger partial charge < -0.3 is 15.0 Å². The van der Waals surface area contributed by atoms with Crippen molar-refractivity contribution in [3.8, 4) is 5.75 Å². The lowest BCUT2D eigenvalue weighted by Crippen LogP contribution is -2.30. The topological polar surface area (TPSA) is 133 Å². The van der Waals surface area contributed by atoms with Gasteiger partial charge in [0.2, 0.25) is 21.9 Å². The fourth-order valence-electron chi connectivity index (χ4n) is 3.03. The van der Waals surface area contributed by atoms with E-state index in [0.29, 0.717) is 28.5 Å². The lowest BCUT2D eigenvalue weighted by molar-refractivity contribution is -0.116. The monoisotopic (exact) mass is 471 g/mol. The SMILES string of the molecule is COc1ccc(S(=O)(=O)N(C)CCC(=O)Nc2ccc(C(=O)Nc3ncc[nH]3)cc2)c(C)c1. The molecule has 3 N–H and O–H groups in total.